The third kappa shape index (κ3) is 9.54. The molecule has 3 nitrogen and oxygen atoms in total. The van der Waals surface area contributed by atoms with Crippen molar-refractivity contribution in [3.8, 4) is 0 Å². The van der Waals surface area contributed by atoms with Gasteiger partial charge in [-0.1, -0.05) is 58.3 Å². The maximum Gasteiger partial charge on any atom is 0.221 e. The molecule has 0 unspecified atom stereocenters. The van der Waals surface area contributed by atoms with E-state index < -0.39 is 0 Å². The molecule has 1 aromatic rings. The molecule has 0 saturated heterocycles. The summed E-state index contributed by atoms with van der Waals surface area (Å²) in [5.74, 6) is -0.0209. The summed E-state index contributed by atoms with van der Waals surface area (Å²) < 4.78 is 2.19. The molecule has 0 aromatic carbocycles. The molecular weight excluding hydrogens is 272 g/mol. The summed E-state index contributed by atoms with van der Waals surface area (Å²) in [5.41, 5.74) is 0.867. The number of carbonyl (C=O) groups is 1. The van der Waals surface area contributed by atoms with E-state index >= 15 is 0 Å². The number of rotatable bonds is 12. The van der Waals surface area contributed by atoms with Crippen LogP contribution in [0.4, 0.5) is 5.69 Å². The Bertz CT molecular complexity index is 400. The Kier molecular flexibility index (Phi) is 10.3. The van der Waals surface area contributed by atoms with E-state index in [1.165, 1.54) is 71.1 Å². The van der Waals surface area contributed by atoms with Crippen molar-refractivity contribution in [3.63, 3.8) is 0 Å². The highest BCUT2D eigenvalue weighted by Crippen LogP contribution is 2.10. The van der Waals surface area contributed by atoms with E-state index in [9.17, 15) is 4.79 Å². The van der Waals surface area contributed by atoms with Gasteiger partial charge in [0.1, 0.15) is 6.54 Å². The van der Waals surface area contributed by atoms with Crippen LogP contribution in [0.1, 0.15) is 78.1 Å². The zero-order valence-electron chi connectivity index (χ0n) is 14.4. The Labute approximate surface area is 136 Å². The molecule has 0 saturated carbocycles. The van der Waals surface area contributed by atoms with Crippen LogP contribution in [0.3, 0.4) is 0 Å². The SMILES string of the molecule is CCCCCCCCCCCC[n+]1ccc(NC(C)=O)cc1. The Morgan fingerprint density at radius 3 is 1.91 bits per heavy atom. The van der Waals surface area contributed by atoms with Crippen LogP contribution in [-0.2, 0) is 11.3 Å². The Balaban J connectivity index is 1.99. The van der Waals surface area contributed by atoms with Crippen molar-refractivity contribution in [1.82, 2.24) is 0 Å². The van der Waals surface area contributed by atoms with Gasteiger partial charge in [-0.15, -0.1) is 0 Å². The molecule has 22 heavy (non-hydrogen) atoms. The van der Waals surface area contributed by atoms with Crippen molar-refractivity contribution < 1.29 is 9.36 Å². The van der Waals surface area contributed by atoms with Crippen molar-refractivity contribution in [3.05, 3.63) is 24.5 Å². The molecule has 1 N–H and O–H groups in total. The molecule has 0 aliphatic carbocycles. The molecule has 0 radical (unpaired) electrons. The van der Waals surface area contributed by atoms with E-state index in [1.807, 2.05) is 24.5 Å². The number of nitrogens with zero attached hydrogens (tertiary/aromatic N) is 1. The lowest BCUT2D eigenvalue weighted by Gasteiger charge is -2.02. The van der Waals surface area contributed by atoms with Gasteiger partial charge in [0.15, 0.2) is 12.4 Å². The van der Waals surface area contributed by atoms with E-state index in [-0.39, 0.29) is 5.91 Å². The summed E-state index contributed by atoms with van der Waals surface area (Å²) in [5, 5.41) is 2.79. The Morgan fingerprint density at radius 1 is 0.909 bits per heavy atom. The second-order valence-electron chi connectivity index (χ2n) is 6.19. The van der Waals surface area contributed by atoms with Crippen LogP contribution in [0.25, 0.3) is 0 Å². The second-order valence-corrected chi connectivity index (χ2v) is 6.19. The largest absolute Gasteiger partial charge is 0.326 e. The monoisotopic (exact) mass is 305 g/mol. The summed E-state index contributed by atoms with van der Waals surface area (Å²) >= 11 is 0. The third-order valence-corrected chi connectivity index (χ3v) is 3.98. The number of hydrogen-bond acceptors (Lipinski definition) is 1. The number of amides is 1. The van der Waals surface area contributed by atoms with Gasteiger partial charge >= 0.3 is 0 Å². The predicted molar refractivity (Wildman–Crippen MR) is 92.8 cm³/mol. The van der Waals surface area contributed by atoms with Gasteiger partial charge in [0.05, 0.1) is 5.69 Å². The summed E-state index contributed by atoms with van der Waals surface area (Å²) in [6.45, 7) is 4.87. The molecular formula is C19H33N2O+. The van der Waals surface area contributed by atoms with Crippen LogP contribution in [0, 0.1) is 0 Å². The Hall–Kier alpha value is -1.38. The molecule has 1 rings (SSSR count). The fourth-order valence-electron chi connectivity index (χ4n) is 2.67. The summed E-state index contributed by atoms with van der Waals surface area (Å²) in [4.78, 5) is 11.0. The molecule has 0 aliphatic rings. The van der Waals surface area contributed by atoms with Gasteiger partial charge in [-0.2, -0.15) is 0 Å². The van der Waals surface area contributed by atoms with Crippen molar-refractivity contribution >= 4 is 11.6 Å². The molecule has 124 valence electrons. The van der Waals surface area contributed by atoms with E-state index in [1.54, 1.807) is 0 Å². The summed E-state index contributed by atoms with van der Waals surface area (Å²) in [6, 6.07) is 3.91. The molecule has 0 atom stereocenters. The molecule has 1 amide bonds. The first-order chi connectivity index (χ1) is 10.7. The minimum Gasteiger partial charge on any atom is -0.326 e. The average Bonchev–Trinajstić information content (AvgIpc) is 2.50. The molecule has 0 aliphatic heterocycles. The predicted octanol–water partition coefficient (Wildman–Crippen LogP) is 4.85. The topological polar surface area (TPSA) is 33.0 Å². The summed E-state index contributed by atoms with van der Waals surface area (Å²) in [7, 11) is 0. The highest BCUT2D eigenvalue weighted by molar-refractivity contribution is 5.88. The zero-order valence-corrected chi connectivity index (χ0v) is 14.4. The van der Waals surface area contributed by atoms with E-state index in [2.05, 4.69) is 16.8 Å². The molecule has 0 spiro atoms. The first kappa shape index (κ1) is 18.7. The average molecular weight is 305 g/mol. The number of anilines is 1. The van der Waals surface area contributed by atoms with Gasteiger partial charge in [-0.25, -0.2) is 4.57 Å². The molecule has 0 fully saturated rings. The van der Waals surface area contributed by atoms with Crippen LogP contribution < -0.4 is 9.88 Å². The fraction of sp³-hybridized carbons (Fsp3) is 0.684. The van der Waals surface area contributed by atoms with Crippen LogP contribution in [0.15, 0.2) is 24.5 Å². The number of hydrogen-bond donors (Lipinski definition) is 1. The number of pyridine rings is 1. The molecule has 1 heterocycles. The van der Waals surface area contributed by atoms with E-state index in [0.29, 0.717) is 0 Å². The minimum absolute atomic E-state index is 0.0209. The molecule has 0 bridgehead atoms. The first-order valence-electron chi connectivity index (χ1n) is 8.99. The van der Waals surface area contributed by atoms with Gasteiger partial charge < -0.3 is 5.32 Å². The van der Waals surface area contributed by atoms with Gasteiger partial charge in [0.25, 0.3) is 0 Å². The normalized spacial score (nSPS) is 10.6. The van der Waals surface area contributed by atoms with Crippen LogP contribution in [-0.4, -0.2) is 5.91 Å². The highest BCUT2D eigenvalue weighted by atomic mass is 16.1. The number of aromatic nitrogens is 1. The van der Waals surface area contributed by atoms with Gasteiger partial charge in [0, 0.05) is 25.5 Å². The molecule has 1 aromatic heterocycles. The zero-order chi connectivity index (χ0) is 16.0. The van der Waals surface area contributed by atoms with E-state index in [4.69, 9.17) is 0 Å². The second kappa shape index (κ2) is 12.2. The maximum atomic E-state index is 11.0. The number of unbranched alkanes of at least 4 members (excludes halogenated alkanes) is 9. The smallest absolute Gasteiger partial charge is 0.221 e. The van der Waals surface area contributed by atoms with Gasteiger partial charge in [-0.3, -0.25) is 4.79 Å². The molecule has 3 heteroatoms. The van der Waals surface area contributed by atoms with Gasteiger partial charge in [0.2, 0.25) is 5.91 Å². The van der Waals surface area contributed by atoms with Gasteiger partial charge in [-0.05, 0) is 6.42 Å². The lowest BCUT2D eigenvalue weighted by atomic mass is 10.1. The van der Waals surface area contributed by atoms with Crippen LogP contribution in [0.5, 0.6) is 0 Å². The minimum atomic E-state index is -0.0209. The number of nitrogens with one attached hydrogen (secondary N) is 1. The van der Waals surface area contributed by atoms with Crippen LogP contribution >= 0.6 is 0 Å². The lowest BCUT2D eigenvalue weighted by molar-refractivity contribution is -0.697. The third-order valence-electron chi connectivity index (χ3n) is 3.98. The summed E-state index contributed by atoms with van der Waals surface area (Å²) in [6.07, 6.45) is 17.8. The lowest BCUT2D eigenvalue weighted by Crippen LogP contribution is -2.32. The fourth-order valence-corrected chi connectivity index (χ4v) is 2.67. The van der Waals surface area contributed by atoms with Crippen molar-refractivity contribution in [1.29, 1.82) is 0 Å². The van der Waals surface area contributed by atoms with Crippen molar-refractivity contribution in [2.75, 3.05) is 5.32 Å². The standard InChI is InChI=1S/C19H32N2O/c1-3-4-5-6-7-8-9-10-11-12-15-21-16-13-19(14-17-21)20-18(2)22/h13-14,16-17H,3-12,15H2,1-2H3/p+1. The number of carbonyl (C=O) groups excluding carboxylic acids is 1. The maximum absolute atomic E-state index is 11.0. The quantitative estimate of drug-likeness (QED) is 0.434. The first-order valence-corrected chi connectivity index (χ1v) is 8.99. The van der Waals surface area contributed by atoms with E-state index in [0.717, 1.165) is 12.2 Å². The van der Waals surface area contributed by atoms with Crippen molar-refractivity contribution in [2.45, 2.75) is 84.6 Å². The van der Waals surface area contributed by atoms with Crippen molar-refractivity contribution in [2.24, 2.45) is 0 Å². The van der Waals surface area contributed by atoms with Crippen LogP contribution in [0.2, 0.25) is 0 Å². The Morgan fingerprint density at radius 2 is 1.41 bits per heavy atom. The number of aryl methyl sites for hydroxylation is 1. The highest BCUT2D eigenvalue weighted by Gasteiger charge is 2.02.